The van der Waals surface area contributed by atoms with Crippen LogP contribution >= 0.6 is 0 Å². The van der Waals surface area contributed by atoms with Gasteiger partial charge < -0.3 is 24.7 Å². The summed E-state index contributed by atoms with van der Waals surface area (Å²) in [5, 5.41) is 5.53. The molecule has 0 spiro atoms. The number of nitrogens with one attached hydrogen (secondary N) is 2. The molecule has 3 rings (SSSR count). The summed E-state index contributed by atoms with van der Waals surface area (Å²) in [4.78, 5) is 25.7. The van der Waals surface area contributed by atoms with E-state index in [1.54, 1.807) is 49.5 Å². The SMILES string of the molecule is COc1ccc(CN(C)C(=O)NCc2ccc(NC(=O)c3ccco3)cc2)cc1F. The molecular weight excluding hydrogens is 389 g/mol. The summed E-state index contributed by atoms with van der Waals surface area (Å²) in [6.07, 6.45) is 1.43. The highest BCUT2D eigenvalue weighted by Crippen LogP contribution is 2.18. The van der Waals surface area contributed by atoms with Crippen molar-refractivity contribution >= 4 is 17.6 Å². The number of nitrogens with zero attached hydrogens (tertiary/aromatic N) is 1. The lowest BCUT2D eigenvalue weighted by Gasteiger charge is -2.18. The zero-order chi connectivity index (χ0) is 21.5. The third-order valence-electron chi connectivity index (χ3n) is 4.38. The van der Waals surface area contributed by atoms with Crippen LogP contribution in [0.2, 0.25) is 0 Å². The Morgan fingerprint density at radius 1 is 1.10 bits per heavy atom. The van der Waals surface area contributed by atoms with Crippen molar-refractivity contribution in [3.05, 3.63) is 83.6 Å². The molecule has 0 unspecified atom stereocenters. The quantitative estimate of drug-likeness (QED) is 0.615. The van der Waals surface area contributed by atoms with Gasteiger partial charge in [-0.15, -0.1) is 0 Å². The molecule has 3 amide bonds. The van der Waals surface area contributed by atoms with Gasteiger partial charge in [0.1, 0.15) is 0 Å². The minimum Gasteiger partial charge on any atom is -0.494 e. The third kappa shape index (κ3) is 5.38. The molecule has 0 bridgehead atoms. The molecule has 7 nitrogen and oxygen atoms in total. The molecule has 8 heteroatoms. The lowest BCUT2D eigenvalue weighted by molar-refractivity contribution is 0.0996. The number of anilines is 1. The fourth-order valence-electron chi connectivity index (χ4n) is 2.77. The molecule has 2 N–H and O–H groups in total. The summed E-state index contributed by atoms with van der Waals surface area (Å²) >= 11 is 0. The largest absolute Gasteiger partial charge is 0.494 e. The summed E-state index contributed by atoms with van der Waals surface area (Å²) in [6.45, 7) is 0.567. The third-order valence-corrected chi connectivity index (χ3v) is 4.38. The maximum absolute atomic E-state index is 13.8. The van der Waals surface area contributed by atoms with E-state index in [0.29, 0.717) is 17.8 Å². The van der Waals surface area contributed by atoms with Gasteiger partial charge in [0.05, 0.1) is 13.4 Å². The predicted octanol–water partition coefficient (Wildman–Crippen LogP) is 4.02. The van der Waals surface area contributed by atoms with Crippen LogP contribution in [-0.4, -0.2) is 31.0 Å². The van der Waals surface area contributed by atoms with Gasteiger partial charge in [0.15, 0.2) is 17.3 Å². The maximum atomic E-state index is 13.8. The van der Waals surface area contributed by atoms with E-state index in [4.69, 9.17) is 9.15 Å². The Morgan fingerprint density at radius 3 is 2.47 bits per heavy atom. The van der Waals surface area contributed by atoms with Crippen LogP contribution in [-0.2, 0) is 13.1 Å². The normalized spacial score (nSPS) is 10.4. The molecule has 2 aromatic carbocycles. The fraction of sp³-hybridized carbons (Fsp3) is 0.182. The first kappa shape index (κ1) is 20.9. The number of halogens is 1. The molecule has 1 heterocycles. The van der Waals surface area contributed by atoms with Crippen molar-refractivity contribution in [2.45, 2.75) is 13.1 Å². The standard InChI is InChI=1S/C22H22FN3O4/c1-26(14-16-7-10-19(29-2)18(23)12-16)22(28)24-13-15-5-8-17(9-6-15)25-21(27)20-4-3-11-30-20/h3-12H,13-14H2,1-2H3,(H,24,28)(H,25,27). The maximum Gasteiger partial charge on any atom is 0.317 e. The Kier molecular flexibility index (Phi) is 6.69. The van der Waals surface area contributed by atoms with Crippen LogP contribution in [0.5, 0.6) is 5.75 Å². The van der Waals surface area contributed by atoms with Gasteiger partial charge in [-0.25, -0.2) is 9.18 Å². The van der Waals surface area contributed by atoms with Gasteiger partial charge in [-0.3, -0.25) is 4.79 Å². The van der Waals surface area contributed by atoms with Crippen LogP contribution in [0.1, 0.15) is 21.7 Å². The Labute approximate surface area is 173 Å². The first-order valence-corrected chi connectivity index (χ1v) is 9.21. The second-order valence-electron chi connectivity index (χ2n) is 6.61. The van der Waals surface area contributed by atoms with E-state index >= 15 is 0 Å². The van der Waals surface area contributed by atoms with Crippen molar-refractivity contribution in [3.8, 4) is 5.75 Å². The van der Waals surface area contributed by atoms with Crippen molar-refractivity contribution in [1.29, 1.82) is 0 Å². The molecule has 0 aliphatic carbocycles. The Hall–Kier alpha value is -3.81. The van der Waals surface area contributed by atoms with Crippen LogP contribution in [0.25, 0.3) is 0 Å². The van der Waals surface area contributed by atoms with Crippen molar-refractivity contribution in [2.24, 2.45) is 0 Å². The number of amides is 3. The number of urea groups is 1. The summed E-state index contributed by atoms with van der Waals surface area (Å²) in [5.74, 6) is -0.415. The van der Waals surface area contributed by atoms with E-state index in [9.17, 15) is 14.0 Å². The monoisotopic (exact) mass is 411 g/mol. The van der Waals surface area contributed by atoms with Gasteiger partial charge in [0.2, 0.25) is 0 Å². The van der Waals surface area contributed by atoms with Gasteiger partial charge in [-0.2, -0.15) is 0 Å². The Bertz CT molecular complexity index is 1000. The summed E-state index contributed by atoms with van der Waals surface area (Å²) in [6, 6.07) is 14.6. The van der Waals surface area contributed by atoms with Gasteiger partial charge >= 0.3 is 6.03 Å². The van der Waals surface area contributed by atoms with E-state index in [0.717, 1.165) is 5.56 Å². The highest BCUT2D eigenvalue weighted by Gasteiger charge is 2.11. The zero-order valence-electron chi connectivity index (χ0n) is 16.6. The number of hydrogen-bond acceptors (Lipinski definition) is 4. The summed E-state index contributed by atoms with van der Waals surface area (Å²) in [7, 11) is 3.03. The topological polar surface area (TPSA) is 83.8 Å². The van der Waals surface area contributed by atoms with E-state index in [1.807, 2.05) is 0 Å². The second kappa shape index (κ2) is 9.60. The zero-order valence-corrected chi connectivity index (χ0v) is 16.6. The molecule has 30 heavy (non-hydrogen) atoms. The number of hydrogen-bond donors (Lipinski definition) is 2. The predicted molar refractivity (Wildman–Crippen MR) is 110 cm³/mol. The fourth-order valence-corrected chi connectivity index (χ4v) is 2.77. The molecular formula is C22H22FN3O4. The number of carbonyl (C=O) groups is 2. The lowest BCUT2D eigenvalue weighted by Crippen LogP contribution is -2.36. The van der Waals surface area contributed by atoms with Gasteiger partial charge in [-0.1, -0.05) is 18.2 Å². The van der Waals surface area contributed by atoms with Crippen molar-refractivity contribution < 1.29 is 23.1 Å². The van der Waals surface area contributed by atoms with E-state index < -0.39 is 5.82 Å². The van der Waals surface area contributed by atoms with Crippen LogP contribution in [0.15, 0.2) is 65.3 Å². The number of rotatable bonds is 7. The first-order chi connectivity index (χ1) is 14.5. The molecule has 0 saturated carbocycles. The Balaban J connectivity index is 1.49. The lowest BCUT2D eigenvalue weighted by atomic mass is 10.2. The molecule has 0 aliphatic heterocycles. The van der Waals surface area contributed by atoms with Crippen LogP contribution in [0.3, 0.4) is 0 Å². The molecule has 0 atom stereocenters. The number of furan rings is 1. The van der Waals surface area contributed by atoms with Gasteiger partial charge in [-0.05, 0) is 47.5 Å². The number of carbonyl (C=O) groups excluding carboxylic acids is 2. The van der Waals surface area contributed by atoms with Crippen molar-refractivity contribution in [1.82, 2.24) is 10.2 Å². The average molecular weight is 411 g/mol. The van der Waals surface area contributed by atoms with Gasteiger partial charge in [0.25, 0.3) is 5.91 Å². The molecule has 0 saturated heterocycles. The highest BCUT2D eigenvalue weighted by atomic mass is 19.1. The molecule has 0 aliphatic rings. The van der Waals surface area contributed by atoms with E-state index in [-0.39, 0.29) is 30.0 Å². The van der Waals surface area contributed by atoms with E-state index in [2.05, 4.69) is 10.6 Å². The molecule has 156 valence electrons. The molecule has 0 fully saturated rings. The smallest absolute Gasteiger partial charge is 0.317 e. The highest BCUT2D eigenvalue weighted by molar-refractivity contribution is 6.02. The van der Waals surface area contributed by atoms with Gasteiger partial charge in [0, 0.05) is 25.8 Å². The second-order valence-corrected chi connectivity index (χ2v) is 6.61. The summed E-state index contributed by atoms with van der Waals surface area (Å²) in [5.41, 5.74) is 2.14. The average Bonchev–Trinajstić information content (AvgIpc) is 3.28. The van der Waals surface area contributed by atoms with Crippen LogP contribution in [0.4, 0.5) is 14.9 Å². The number of benzene rings is 2. The van der Waals surface area contributed by atoms with Crippen molar-refractivity contribution in [3.63, 3.8) is 0 Å². The minimum atomic E-state index is -0.469. The number of ether oxygens (including phenoxy) is 1. The number of methoxy groups -OCH3 is 1. The van der Waals surface area contributed by atoms with Crippen LogP contribution in [0, 0.1) is 5.82 Å². The van der Waals surface area contributed by atoms with Crippen molar-refractivity contribution in [2.75, 3.05) is 19.5 Å². The van der Waals surface area contributed by atoms with E-state index in [1.165, 1.54) is 30.4 Å². The minimum absolute atomic E-state index is 0.162. The summed E-state index contributed by atoms with van der Waals surface area (Å²) < 4.78 is 23.7. The molecule has 0 radical (unpaired) electrons. The first-order valence-electron chi connectivity index (χ1n) is 9.21. The Morgan fingerprint density at radius 2 is 1.83 bits per heavy atom. The molecule has 1 aromatic heterocycles. The molecule has 3 aromatic rings. The van der Waals surface area contributed by atoms with Crippen LogP contribution < -0.4 is 15.4 Å².